The van der Waals surface area contributed by atoms with Gasteiger partial charge in [0.25, 0.3) is 0 Å². The number of ether oxygens (including phenoxy) is 1. The summed E-state index contributed by atoms with van der Waals surface area (Å²) in [5, 5.41) is 12.5. The van der Waals surface area contributed by atoms with Crippen LogP contribution in [-0.4, -0.2) is 58.3 Å². The first kappa shape index (κ1) is 20.2. The van der Waals surface area contributed by atoms with Gasteiger partial charge in [-0.25, -0.2) is 4.79 Å². The second-order valence-electron chi connectivity index (χ2n) is 7.68. The monoisotopic (exact) mass is 363 g/mol. The van der Waals surface area contributed by atoms with Gasteiger partial charge in [-0.1, -0.05) is 6.07 Å². The molecule has 0 bridgehead atoms. The number of piperidine rings is 1. The highest BCUT2D eigenvalue weighted by Gasteiger charge is 2.31. The third kappa shape index (κ3) is 6.29. The summed E-state index contributed by atoms with van der Waals surface area (Å²) in [6.45, 7) is 6.23. The van der Waals surface area contributed by atoms with E-state index >= 15 is 0 Å². The van der Waals surface area contributed by atoms with Gasteiger partial charge in [-0.15, -0.1) is 0 Å². The minimum Gasteiger partial charge on any atom is -0.444 e. The Morgan fingerprint density at radius 3 is 2.81 bits per heavy atom. The van der Waals surface area contributed by atoms with Crippen molar-refractivity contribution in [1.29, 1.82) is 0 Å². The van der Waals surface area contributed by atoms with E-state index in [0.717, 1.165) is 12.1 Å². The summed E-state index contributed by atoms with van der Waals surface area (Å²) in [6, 6.07) is 5.16. The Balaban J connectivity index is 1.90. The van der Waals surface area contributed by atoms with Crippen molar-refractivity contribution in [1.82, 2.24) is 15.2 Å². The number of nitrogens with one attached hydrogen (secondary N) is 1. The molecule has 1 aromatic heterocycles. The number of amides is 2. The van der Waals surface area contributed by atoms with Crippen LogP contribution in [0.15, 0.2) is 24.4 Å². The molecule has 0 spiro atoms. The second-order valence-corrected chi connectivity index (χ2v) is 7.68. The van der Waals surface area contributed by atoms with Crippen LogP contribution in [0.1, 0.15) is 39.3 Å². The molecule has 1 fully saturated rings. The molecule has 26 heavy (non-hydrogen) atoms. The van der Waals surface area contributed by atoms with Crippen LogP contribution < -0.4 is 5.32 Å². The third-order valence-corrected chi connectivity index (χ3v) is 4.19. The quantitative estimate of drug-likeness (QED) is 0.831. The third-order valence-electron chi connectivity index (χ3n) is 4.19. The Bertz CT molecular complexity index is 601. The molecule has 2 amide bonds. The number of carbonyl (C=O) groups is 2. The number of aliphatic hydroxyl groups is 1. The Hall–Kier alpha value is -2.15. The van der Waals surface area contributed by atoms with Crippen molar-refractivity contribution in [3.8, 4) is 0 Å². The van der Waals surface area contributed by atoms with Crippen molar-refractivity contribution in [3.05, 3.63) is 30.1 Å². The van der Waals surface area contributed by atoms with E-state index in [2.05, 4.69) is 10.3 Å². The van der Waals surface area contributed by atoms with Gasteiger partial charge >= 0.3 is 6.09 Å². The highest BCUT2D eigenvalue weighted by Crippen LogP contribution is 2.20. The molecule has 1 aliphatic rings. The first-order chi connectivity index (χ1) is 12.3. The number of pyridine rings is 1. The second kappa shape index (κ2) is 8.98. The van der Waals surface area contributed by atoms with Crippen molar-refractivity contribution >= 4 is 12.0 Å². The van der Waals surface area contributed by atoms with Crippen LogP contribution in [0, 0.1) is 5.92 Å². The van der Waals surface area contributed by atoms with Gasteiger partial charge in [0.15, 0.2) is 0 Å². The molecule has 1 saturated heterocycles. The normalized spacial score (nSPS) is 18.9. The van der Waals surface area contributed by atoms with Crippen LogP contribution in [0.4, 0.5) is 4.79 Å². The fraction of sp³-hybridized carbons (Fsp3) is 0.632. The fourth-order valence-corrected chi connectivity index (χ4v) is 2.94. The average molecular weight is 363 g/mol. The van der Waals surface area contributed by atoms with E-state index in [-0.39, 0.29) is 24.5 Å². The van der Waals surface area contributed by atoms with Crippen LogP contribution in [0.25, 0.3) is 0 Å². The highest BCUT2D eigenvalue weighted by atomic mass is 16.6. The minimum atomic E-state index is -0.559. The molecule has 0 aliphatic carbocycles. The van der Waals surface area contributed by atoms with Crippen molar-refractivity contribution in [2.75, 3.05) is 19.7 Å². The first-order valence-corrected chi connectivity index (χ1v) is 9.07. The zero-order chi connectivity index (χ0) is 19.2. The molecule has 1 aliphatic heterocycles. The van der Waals surface area contributed by atoms with E-state index in [4.69, 9.17) is 4.74 Å². The lowest BCUT2D eigenvalue weighted by Crippen LogP contribution is -2.49. The summed E-state index contributed by atoms with van der Waals surface area (Å²) in [5.74, 6) is -0.442. The molecular weight excluding hydrogens is 334 g/mol. The van der Waals surface area contributed by atoms with Gasteiger partial charge in [0.1, 0.15) is 5.60 Å². The van der Waals surface area contributed by atoms with Crippen LogP contribution in [0.3, 0.4) is 0 Å². The van der Waals surface area contributed by atoms with Gasteiger partial charge in [-0.2, -0.15) is 0 Å². The van der Waals surface area contributed by atoms with Crippen LogP contribution in [0.2, 0.25) is 0 Å². The zero-order valence-electron chi connectivity index (χ0n) is 15.8. The smallest absolute Gasteiger partial charge is 0.410 e. The van der Waals surface area contributed by atoms with Crippen molar-refractivity contribution < 1.29 is 19.4 Å². The molecule has 2 atom stereocenters. The average Bonchev–Trinajstić information content (AvgIpc) is 2.60. The highest BCUT2D eigenvalue weighted by molar-refractivity contribution is 5.80. The summed E-state index contributed by atoms with van der Waals surface area (Å²) in [6.07, 6.45) is 3.23. The summed E-state index contributed by atoms with van der Waals surface area (Å²) >= 11 is 0. The maximum absolute atomic E-state index is 12.6. The number of aromatic nitrogens is 1. The number of hydrogen-bond acceptors (Lipinski definition) is 5. The molecule has 1 aromatic rings. The van der Waals surface area contributed by atoms with Crippen molar-refractivity contribution in [3.63, 3.8) is 0 Å². The van der Waals surface area contributed by atoms with E-state index in [9.17, 15) is 14.7 Å². The van der Waals surface area contributed by atoms with Crippen LogP contribution in [0.5, 0.6) is 0 Å². The van der Waals surface area contributed by atoms with E-state index in [1.165, 1.54) is 0 Å². The van der Waals surface area contributed by atoms with E-state index in [1.54, 1.807) is 11.1 Å². The van der Waals surface area contributed by atoms with Gasteiger partial charge in [0.2, 0.25) is 5.91 Å². The minimum absolute atomic E-state index is 0.145. The van der Waals surface area contributed by atoms with Crippen molar-refractivity contribution in [2.24, 2.45) is 5.92 Å². The molecule has 2 N–H and O–H groups in total. The Kier molecular flexibility index (Phi) is 6.97. The number of likely N-dealkylation sites (tertiary alicyclic amines) is 1. The molecule has 7 heteroatoms. The summed E-state index contributed by atoms with van der Waals surface area (Å²) < 4.78 is 5.39. The number of rotatable bonds is 5. The van der Waals surface area contributed by atoms with Gasteiger partial charge in [-0.05, 0) is 45.7 Å². The molecule has 2 unspecified atom stereocenters. The predicted octanol–water partition coefficient (Wildman–Crippen LogP) is 1.75. The molecule has 2 rings (SSSR count). The number of nitrogens with zero attached hydrogens (tertiary/aromatic N) is 2. The number of carbonyl (C=O) groups excluding carboxylic acids is 2. The standard InChI is InChI=1S/C19H29N3O4/c1-19(2,3)26-18(25)22-10-6-7-14(12-22)17(24)21-16(13-23)11-15-8-4-5-9-20-15/h4-5,8-9,14,16,23H,6-7,10-13H2,1-3H3,(H,21,24). The zero-order valence-corrected chi connectivity index (χ0v) is 15.8. The molecule has 7 nitrogen and oxygen atoms in total. The number of hydrogen-bond donors (Lipinski definition) is 2. The van der Waals surface area contributed by atoms with E-state index in [0.29, 0.717) is 25.9 Å². The van der Waals surface area contributed by atoms with Crippen LogP contribution >= 0.6 is 0 Å². The fourth-order valence-electron chi connectivity index (χ4n) is 2.94. The predicted molar refractivity (Wildman–Crippen MR) is 97.5 cm³/mol. The molecule has 0 aromatic carbocycles. The van der Waals surface area contributed by atoms with E-state index in [1.807, 2.05) is 39.0 Å². The lowest BCUT2D eigenvalue weighted by molar-refractivity contribution is -0.127. The summed E-state index contributed by atoms with van der Waals surface area (Å²) in [7, 11) is 0. The Morgan fingerprint density at radius 2 is 2.19 bits per heavy atom. The maximum Gasteiger partial charge on any atom is 0.410 e. The summed E-state index contributed by atoms with van der Waals surface area (Å²) in [4.78, 5) is 30.6. The lowest BCUT2D eigenvalue weighted by atomic mass is 9.96. The largest absolute Gasteiger partial charge is 0.444 e. The van der Waals surface area contributed by atoms with Crippen LogP contribution in [-0.2, 0) is 16.0 Å². The molecule has 2 heterocycles. The topological polar surface area (TPSA) is 91.8 Å². The van der Waals surface area contributed by atoms with Gasteiger partial charge in [0.05, 0.1) is 18.6 Å². The SMILES string of the molecule is CC(C)(C)OC(=O)N1CCCC(C(=O)NC(CO)Cc2ccccn2)C1. The molecule has 144 valence electrons. The molecule has 0 radical (unpaired) electrons. The van der Waals surface area contributed by atoms with Gasteiger partial charge < -0.3 is 20.1 Å². The summed E-state index contributed by atoms with van der Waals surface area (Å²) in [5.41, 5.74) is 0.252. The lowest BCUT2D eigenvalue weighted by Gasteiger charge is -2.34. The number of aliphatic hydroxyl groups excluding tert-OH is 1. The first-order valence-electron chi connectivity index (χ1n) is 9.07. The van der Waals surface area contributed by atoms with Gasteiger partial charge in [-0.3, -0.25) is 9.78 Å². The van der Waals surface area contributed by atoms with Gasteiger partial charge in [0, 0.05) is 31.4 Å². The Morgan fingerprint density at radius 1 is 1.42 bits per heavy atom. The maximum atomic E-state index is 12.6. The molecule has 0 saturated carbocycles. The molecular formula is C19H29N3O4. The van der Waals surface area contributed by atoms with E-state index < -0.39 is 11.6 Å². The Labute approximate surface area is 154 Å². The van der Waals surface area contributed by atoms with Crippen molar-refractivity contribution in [2.45, 2.75) is 51.7 Å².